The fourth-order valence-corrected chi connectivity index (χ4v) is 2.54. The zero-order valence-corrected chi connectivity index (χ0v) is 15.1. The maximum atomic E-state index is 11.6. The maximum Gasteiger partial charge on any atom is 0.252 e. The largest absolute Gasteiger partial charge is 0.491 e. The highest BCUT2D eigenvalue weighted by molar-refractivity contribution is 6.37. The second-order valence-electron chi connectivity index (χ2n) is 5.29. The number of ether oxygens (including phenoxy) is 1. The van der Waals surface area contributed by atoms with E-state index in [4.69, 9.17) is 27.9 Å². The third kappa shape index (κ3) is 4.72. The van der Waals surface area contributed by atoms with Gasteiger partial charge in [-0.2, -0.15) is 5.10 Å². The maximum absolute atomic E-state index is 11.6. The van der Waals surface area contributed by atoms with Crippen LogP contribution in [0.2, 0.25) is 10.0 Å². The number of benzene rings is 1. The van der Waals surface area contributed by atoms with E-state index in [1.807, 2.05) is 20.8 Å². The summed E-state index contributed by atoms with van der Waals surface area (Å²) in [5, 5.41) is 4.85. The number of aromatic nitrogens is 2. The van der Waals surface area contributed by atoms with Crippen molar-refractivity contribution in [3.63, 3.8) is 0 Å². The zero-order chi connectivity index (χ0) is 17.7. The number of hydrogen-bond donors (Lipinski definition) is 2. The van der Waals surface area contributed by atoms with Crippen LogP contribution in [0.1, 0.15) is 37.9 Å². The van der Waals surface area contributed by atoms with Crippen LogP contribution in [0.25, 0.3) is 0 Å². The van der Waals surface area contributed by atoms with Crippen LogP contribution in [0.4, 0.5) is 5.95 Å². The average Bonchev–Trinajstić information content (AvgIpc) is 2.50. The molecule has 0 amide bonds. The van der Waals surface area contributed by atoms with Gasteiger partial charge in [0.25, 0.3) is 5.56 Å². The van der Waals surface area contributed by atoms with Crippen LogP contribution >= 0.6 is 23.2 Å². The molecule has 24 heavy (non-hydrogen) atoms. The van der Waals surface area contributed by atoms with Crippen LogP contribution in [0.15, 0.2) is 28.1 Å². The van der Waals surface area contributed by atoms with Gasteiger partial charge in [0, 0.05) is 6.07 Å². The molecule has 0 radical (unpaired) electrons. The molecule has 0 bridgehead atoms. The Morgan fingerprint density at radius 1 is 1.33 bits per heavy atom. The fourth-order valence-electron chi connectivity index (χ4n) is 1.93. The Morgan fingerprint density at radius 3 is 2.58 bits per heavy atom. The molecule has 0 saturated carbocycles. The number of nitrogens with one attached hydrogen (secondary N) is 2. The van der Waals surface area contributed by atoms with Crippen LogP contribution < -0.4 is 15.7 Å². The second kappa shape index (κ2) is 8.17. The summed E-state index contributed by atoms with van der Waals surface area (Å²) >= 11 is 12.3. The zero-order valence-electron chi connectivity index (χ0n) is 13.6. The Hall–Kier alpha value is -2.05. The first-order chi connectivity index (χ1) is 11.4. The molecule has 2 N–H and O–H groups in total. The minimum absolute atomic E-state index is 0.139. The lowest BCUT2D eigenvalue weighted by molar-refractivity contribution is 0.340. The molecule has 1 heterocycles. The van der Waals surface area contributed by atoms with Crippen LogP contribution in [0.5, 0.6) is 5.75 Å². The molecule has 128 valence electrons. The van der Waals surface area contributed by atoms with E-state index < -0.39 is 0 Å². The third-order valence-electron chi connectivity index (χ3n) is 3.05. The topological polar surface area (TPSA) is 79.4 Å². The minimum atomic E-state index is -0.237. The van der Waals surface area contributed by atoms with Crippen molar-refractivity contribution in [2.24, 2.45) is 5.10 Å². The van der Waals surface area contributed by atoms with Gasteiger partial charge < -0.3 is 4.74 Å². The first kappa shape index (κ1) is 18.3. The van der Waals surface area contributed by atoms with E-state index in [2.05, 4.69) is 20.5 Å². The molecule has 6 nitrogen and oxygen atoms in total. The molecule has 0 atom stereocenters. The number of aromatic amines is 1. The molecule has 0 saturated heterocycles. The quantitative estimate of drug-likeness (QED) is 0.595. The molecule has 0 fully saturated rings. The SMILES string of the molecule is CCOc1c(Cl)cc(/C=N\Nc2nc(C(C)C)cc(=O)[nH]2)cc1Cl. The van der Waals surface area contributed by atoms with Gasteiger partial charge in [0.2, 0.25) is 5.95 Å². The van der Waals surface area contributed by atoms with Crippen LogP contribution in [0.3, 0.4) is 0 Å². The Bertz CT molecular complexity index is 780. The average molecular weight is 369 g/mol. The van der Waals surface area contributed by atoms with E-state index in [1.165, 1.54) is 12.3 Å². The monoisotopic (exact) mass is 368 g/mol. The van der Waals surface area contributed by atoms with E-state index in [-0.39, 0.29) is 17.4 Å². The molecule has 0 aliphatic rings. The number of anilines is 1. The van der Waals surface area contributed by atoms with Crippen LogP contribution in [0, 0.1) is 0 Å². The van der Waals surface area contributed by atoms with Crippen molar-refractivity contribution in [3.05, 3.63) is 49.9 Å². The van der Waals surface area contributed by atoms with Gasteiger partial charge in [-0.05, 0) is 30.5 Å². The summed E-state index contributed by atoms with van der Waals surface area (Å²) in [6.07, 6.45) is 1.52. The number of nitrogens with zero attached hydrogens (tertiary/aromatic N) is 2. The van der Waals surface area contributed by atoms with Crippen molar-refractivity contribution in [2.75, 3.05) is 12.0 Å². The molecular weight excluding hydrogens is 351 g/mol. The summed E-state index contributed by atoms with van der Waals surface area (Å²) < 4.78 is 5.37. The highest BCUT2D eigenvalue weighted by atomic mass is 35.5. The Balaban J connectivity index is 2.16. The molecule has 0 aliphatic heterocycles. The van der Waals surface area contributed by atoms with Crippen molar-refractivity contribution < 1.29 is 4.74 Å². The lowest BCUT2D eigenvalue weighted by atomic mass is 10.1. The third-order valence-corrected chi connectivity index (χ3v) is 3.61. The van der Waals surface area contributed by atoms with Crippen molar-refractivity contribution in [3.8, 4) is 5.75 Å². The van der Waals surface area contributed by atoms with Gasteiger partial charge in [-0.3, -0.25) is 9.78 Å². The Morgan fingerprint density at radius 2 is 2.00 bits per heavy atom. The first-order valence-corrected chi connectivity index (χ1v) is 8.18. The van der Waals surface area contributed by atoms with E-state index >= 15 is 0 Å². The Labute approximate surface area is 149 Å². The van der Waals surface area contributed by atoms with Gasteiger partial charge in [-0.25, -0.2) is 10.4 Å². The highest BCUT2D eigenvalue weighted by Crippen LogP contribution is 2.33. The van der Waals surface area contributed by atoms with Gasteiger partial charge in [0.15, 0.2) is 5.75 Å². The molecule has 1 aromatic carbocycles. The highest BCUT2D eigenvalue weighted by Gasteiger charge is 2.08. The predicted molar refractivity (Wildman–Crippen MR) is 97.8 cm³/mol. The van der Waals surface area contributed by atoms with Gasteiger partial charge in [-0.1, -0.05) is 37.0 Å². The standard InChI is InChI=1S/C16H18Cl2N4O2/c1-4-24-15-11(17)5-10(6-12(15)18)8-19-22-16-20-13(9(2)3)7-14(23)21-16/h5-9H,4H2,1-3H3,(H2,20,21,22,23)/b19-8-. The van der Waals surface area contributed by atoms with Crippen molar-refractivity contribution in [1.29, 1.82) is 0 Å². The van der Waals surface area contributed by atoms with Crippen LogP contribution in [-0.2, 0) is 0 Å². The summed E-state index contributed by atoms with van der Waals surface area (Å²) in [6.45, 7) is 6.24. The van der Waals surface area contributed by atoms with Gasteiger partial charge >= 0.3 is 0 Å². The van der Waals surface area contributed by atoms with Gasteiger partial charge in [-0.15, -0.1) is 0 Å². The lowest BCUT2D eigenvalue weighted by Crippen LogP contribution is -2.12. The second-order valence-corrected chi connectivity index (χ2v) is 6.10. The van der Waals surface area contributed by atoms with Crippen molar-refractivity contribution >= 4 is 35.4 Å². The van der Waals surface area contributed by atoms with E-state index in [9.17, 15) is 4.79 Å². The predicted octanol–water partition coefficient (Wildman–Crippen LogP) is 4.04. The minimum Gasteiger partial charge on any atom is -0.491 e. The van der Waals surface area contributed by atoms with Crippen molar-refractivity contribution in [1.82, 2.24) is 9.97 Å². The Kier molecular flexibility index (Phi) is 6.23. The summed E-state index contributed by atoms with van der Waals surface area (Å²) in [4.78, 5) is 18.5. The molecule has 2 aromatic rings. The van der Waals surface area contributed by atoms with Crippen molar-refractivity contribution in [2.45, 2.75) is 26.7 Å². The molecular formula is C16H18Cl2N4O2. The fraction of sp³-hybridized carbons (Fsp3) is 0.312. The number of hydrazone groups is 1. The van der Waals surface area contributed by atoms with E-state index in [0.29, 0.717) is 33.7 Å². The summed E-state index contributed by atoms with van der Waals surface area (Å²) in [5.41, 5.74) is 3.82. The van der Waals surface area contributed by atoms with E-state index in [0.717, 1.165) is 0 Å². The molecule has 8 heteroatoms. The molecule has 0 aliphatic carbocycles. The molecule has 2 rings (SSSR count). The number of halogens is 2. The summed E-state index contributed by atoms with van der Waals surface area (Å²) in [6, 6.07) is 4.83. The number of hydrogen-bond acceptors (Lipinski definition) is 5. The summed E-state index contributed by atoms with van der Waals surface area (Å²) in [5.74, 6) is 0.854. The number of H-pyrrole nitrogens is 1. The summed E-state index contributed by atoms with van der Waals surface area (Å²) in [7, 11) is 0. The molecule has 0 unspecified atom stereocenters. The normalized spacial score (nSPS) is 11.2. The van der Waals surface area contributed by atoms with Gasteiger partial charge in [0.05, 0.1) is 28.6 Å². The van der Waals surface area contributed by atoms with Crippen LogP contribution in [-0.4, -0.2) is 22.8 Å². The lowest BCUT2D eigenvalue weighted by Gasteiger charge is -2.08. The smallest absolute Gasteiger partial charge is 0.252 e. The first-order valence-electron chi connectivity index (χ1n) is 7.43. The van der Waals surface area contributed by atoms with Gasteiger partial charge in [0.1, 0.15) is 0 Å². The molecule has 0 spiro atoms. The molecule has 1 aromatic heterocycles. The number of rotatable bonds is 6. The van der Waals surface area contributed by atoms with E-state index in [1.54, 1.807) is 12.1 Å².